The Labute approximate surface area is 184 Å². The fourth-order valence-electron chi connectivity index (χ4n) is 3.10. The predicted octanol–water partition coefficient (Wildman–Crippen LogP) is 4.70. The second-order valence-electron chi connectivity index (χ2n) is 6.82. The lowest BCUT2D eigenvalue weighted by atomic mass is 10.1. The molecule has 0 atom stereocenters. The van der Waals surface area contributed by atoms with E-state index in [2.05, 4.69) is 10.3 Å². The summed E-state index contributed by atoms with van der Waals surface area (Å²) >= 11 is 6.43. The number of ether oxygens (including phenoxy) is 2. The molecule has 0 saturated carbocycles. The highest BCUT2D eigenvalue weighted by Crippen LogP contribution is 2.30. The second kappa shape index (κ2) is 8.97. The topological polar surface area (TPSA) is 70.3 Å². The summed E-state index contributed by atoms with van der Waals surface area (Å²) in [6.45, 7) is 0.360. The van der Waals surface area contributed by atoms with Crippen molar-refractivity contribution in [1.29, 1.82) is 0 Å². The number of carbonyl (C=O) groups is 1. The first-order valence-electron chi connectivity index (χ1n) is 9.56. The molecule has 0 unspecified atom stereocenters. The smallest absolute Gasteiger partial charge is 0.259 e. The van der Waals surface area contributed by atoms with Crippen molar-refractivity contribution in [2.75, 3.05) is 12.4 Å². The molecule has 0 bridgehead atoms. The Kier molecular flexibility index (Phi) is 5.95. The monoisotopic (exact) mass is 436 g/mol. The van der Waals surface area contributed by atoms with Crippen molar-refractivity contribution >= 4 is 23.2 Å². The maximum absolute atomic E-state index is 12.8. The third-order valence-electron chi connectivity index (χ3n) is 4.80. The number of hydrogen-bond acceptors (Lipinski definition) is 4. The first kappa shape index (κ1) is 20.6. The number of halogens is 1. The van der Waals surface area contributed by atoms with E-state index in [0.29, 0.717) is 34.4 Å². The number of imidazole rings is 1. The third kappa shape index (κ3) is 4.57. The van der Waals surface area contributed by atoms with Crippen molar-refractivity contribution in [1.82, 2.24) is 14.1 Å². The molecule has 158 valence electrons. The van der Waals surface area contributed by atoms with Gasteiger partial charge in [-0.3, -0.25) is 4.79 Å². The van der Waals surface area contributed by atoms with Gasteiger partial charge in [0.2, 0.25) is 0 Å². The fraction of sp³-hybridized carbons (Fsp3) is 0.130. The molecule has 0 spiro atoms. The predicted molar refractivity (Wildman–Crippen MR) is 119 cm³/mol. The highest BCUT2D eigenvalue weighted by molar-refractivity contribution is 6.33. The Balaban J connectivity index is 1.46. The molecule has 8 heteroatoms. The molecule has 2 heterocycles. The van der Waals surface area contributed by atoms with Gasteiger partial charge in [-0.1, -0.05) is 11.6 Å². The van der Waals surface area contributed by atoms with Crippen LogP contribution in [0, 0.1) is 0 Å². The number of methoxy groups -OCH3 is 1. The largest absolute Gasteiger partial charge is 0.496 e. The average molecular weight is 437 g/mol. The number of aryl methyl sites for hydroxylation is 1. The minimum absolute atomic E-state index is 0.320. The third-order valence-corrected chi connectivity index (χ3v) is 5.10. The van der Waals surface area contributed by atoms with E-state index >= 15 is 0 Å². The second-order valence-corrected chi connectivity index (χ2v) is 7.22. The molecule has 0 saturated heterocycles. The zero-order chi connectivity index (χ0) is 21.8. The van der Waals surface area contributed by atoms with Gasteiger partial charge in [0.1, 0.15) is 23.9 Å². The lowest BCUT2D eigenvalue weighted by molar-refractivity contribution is 0.102. The Morgan fingerprint density at radius 2 is 1.87 bits per heavy atom. The van der Waals surface area contributed by atoms with Crippen molar-refractivity contribution in [2.45, 2.75) is 6.61 Å². The summed E-state index contributed by atoms with van der Waals surface area (Å²) in [7, 11) is 3.43. The van der Waals surface area contributed by atoms with Gasteiger partial charge < -0.3 is 23.9 Å². The van der Waals surface area contributed by atoms with Gasteiger partial charge in [-0.05, 0) is 42.5 Å². The minimum atomic E-state index is -0.320. The van der Waals surface area contributed by atoms with Gasteiger partial charge >= 0.3 is 0 Å². The molecule has 4 aromatic rings. The molecule has 1 amide bonds. The van der Waals surface area contributed by atoms with Gasteiger partial charge in [0, 0.05) is 43.6 Å². The fourth-order valence-corrected chi connectivity index (χ4v) is 3.36. The highest BCUT2D eigenvalue weighted by Gasteiger charge is 2.17. The summed E-state index contributed by atoms with van der Waals surface area (Å²) in [6, 6.07) is 14.3. The van der Waals surface area contributed by atoms with Crippen LogP contribution in [0.15, 0.2) is 73.3 Å². The van der Waals surface area contributed by atoms with E-state index in [1.54, 1.807) is 42.6 Å². The van der Waals surface area contributed by atoms with Crippen molar-refractivity contribution in [3.05, 3.63) is 89.7 Å². The molecule has 0 fully saturated rings. The van der Waals surface area contributed by atoms with Crippen LogP contribution in [-0.4, -0.2) is 27.1 Å². The van der Waals surface area contributed by atoms with Crippen molar-refractivity contribution in [2.24, 2.45) is 7.05 Å². The lowest BCUT2D eigenvalue weighted by Crippen LogP contribution is -2.13. The molecule has 2 aromatic carbocycles. The van der Waals surface area contributed by atoms with Crippen LogP contribution < -0.4 is 14.8 Å². The molecule has 0 radical (unpaired) electrons. The molecule has 31 heavy (non-hydrogen) atoms. The van der Waals surface area contributed by atoms with E-state index < -0.39 is 0 Å². The van der Waals surface area contributed by atoms with Crippen LogP contribution in [-0.2, 0) is 13.7 Å². The van der Waals surface area contributed by atoms with Crippen molar-refractivity contribution in [3.8, 4) is 17.2 Å². The normalized spacial score (nSPS) is 10.7. The molecule has 0 aliphatic rings. The van der Waals surface area contributed by atoms with Gasteiger partial charge in [-0.15, -0.1) is 0 Å². The van der Waals surface area contributed by atoms with Crippen molar-refractivity contribution < 1.29 is 14.3 Å². The molecular formula is C23H21ClN4O3. The van der Waals surface area contributed by atoms with Crippen LogP contribution in [0.2, 0.25) is 5.02 Å². The summed E-state index contributed by atoms with van der Waals surface area (Å²) in [5.74, 6) is 1.61. The van der Waals surface area contributed by atoms with Crippen LogP contribution in [0.4, 0.5) is 5.69 Å². The van der Waals surface area contributed by atoms with Crippen LogP contribution in [0.25, 0.3) is 5.69 Å². The maximum Gasteiger partial charge on any atom is 0.259 e. The number of hydrogen-bond donors (Lipinski definition) is 1. The molecule has 0 aliphatic carbocycles. The summed E-state index contributed by atoms with van der Waals surface area (Å²) in [5.41, 5.74) is 1.70. The summed E-state index contributed by atoms with van der Waals surface area (Å²) in [6.07, 6.45) is 7.33. The first-order chi connectivity index (χ1) is 15.0. The van der Waals surface area contributed by atoms with E-state index in [0.717, 1.165) is 11.5 Å². The number of nitrogens with one attached hydrogen (secondary N) is 1. The van der Waals surface area contributed by atoms with E-state index in [9.17, 15) is 4.79 Å². The number of nitrogens with zero attached hydrogens (tertiary/aromatic N) is 3. The lowest BCUT2D eigenvalue weighted by Gasteiger charge is -2.14. The Morgan fingerprint density at radius 1 is 1.13 bits per heavy atom. The zero-order valence-electron chi connectivity index (χ0n) is 17.1. The molecule has 0 aliphatic heterocycles. The minimum Gasteiger partial charge on any atom is -0.496 e. The van der Waals surface area contributed by atoms with Gasteiger partial charge in [0.15, 0.2) is 0 Å². The van der Waals surface area contributed by atoms with Gasteiger partial charge in [0.25, 0.3) is 5.91 Å². The van der Waals surface area contributed by atoms with Crippen LogP contribution in [0.1, 0.15) is 16.2 Å². The molecule has 7 nitrogen and oxygen atoms in total. The summed E-state index contributed by atoms with van der Waals surface area (Å²) in [5, 5.41) is 3.31. The van der Waals surface area contributed by atoms with Crippen LogP contribution in [0.3, 0.4) is 0 Å². The summed E-state index contributed by atoms with van der Waals surface area (Å²) < 4.78 is 14.9. The van der Waals surface area contributed by atoms with Gasteiger partial charge in [0.05, 0.1) is 23.4 Å². The first-order valence-corrected chi connectivity index (χ1v) is 9.94. The number of amides is 1. The Bertz CT molecular complexity index is 1180. The number of carbonyl (C=O) groups excluding carboxylic acids is 1. The number of aromatic nitrogens is 3. The van der Waals surface area contributed by atoms with Crippen LogP contribution in [0.5, 0.6) is 11.5 Å². The Hall–Kier alpha value is -3.71. The number of rotatable bonds is 7. The highest BCUT2D eigenvalue weighted by atomic mass is 35.5. The van der Waals surface area contributed by atoms with Crippen LogP contribution >= 0.6 is 11.6 Å². The average Bonchev–Trinajstić information content (AvgIpc) is 3.45. The van der Waals surface area contributed by atoms with Crippen molar-refractivity contribution in [3.63, 3.8) is 0 Å². The standard InChI is InChI=1S/C23H21ClN4O3/c1-27-12-9-25-22(27)15-31-17-7-5-16(6-8-17)26-23(29)18-13-19(24)20(14-21(18)30-2)28-10-3-4-11-28/h3-14H,15H2,1-2H3,(H,26,29). The van der Waals surface area contributed by atoms with E-state index in [1.165, 1.54) is 7.11 Å². The van der Waals surface area contributed by atoms with E-state index in [1.807, 2.05) is 46.9 Å². The number of benzene rings is 2. The van der Waals surface area contributed by atoms with Gasteiger partial charge in [-0.25, -0.2) is 4.98 Å². The maximum atomic E-state index is 12.8. The SMILES string of the molecule is COc1cc(-n2cccc2)c(Cl)cc1C(=O)Nc1ccc(OCc2nccn2C)cc1. The molecule has 2 aromatic heterocycles. The van der Waals surface area contributed by atoms with E-state index in [-0.39, 0.29) is 5.91 Å². The Morgan fingerprint density at radius 3 is 2.52 bits per heavy atom. The number of anilines is 1. The van der Waals surface area contributed by atoms with E-state index in [4.69, 9.17) is 21.1 Å². The molecular weight excluding hydrogens is 416 g/mol. The summed E-state index contributed by atoms with van der Waals surface area (Å²) in [4.78, 5) is 17.1. The molecule has 1 N–H and O–H groups in total. The molecule has 4 rings (SSSR count). The quantitative estimate of drug-likeness (QED) is 0.455. The zero-order valence-corrected chi connectivity index (χ0v) is 17.8. The van der Waals surface area contributed by atoms with Gasteiger partial charge in [-0.2, -0.15) is 0 Å².